The maximum atomic E-state index is 12.5. The van der Waals surface area contributed by atoms with Crippen molar-refractivity contribution in [3.05, 3.63) is 63.6 Å². The lowest BCUT2D eigenvalue weighted by Crippen LogP contribution is -2.37. The van der Waals surface area contributed by atoms with Gasteiger partial charge in [-0.2, -0.15) is 0 Å². The Labute approximate surface area is 175 Å². The lowest BCUT2D eigenvalue weighted by atomic mass is 10.2. The first-order valence-electron chi connectivity index (χ1n) is 8.90. The van der Waals surface area contributed by atoms with Gasteiger partial charge in [0.05, 0.1) is 30.4 Å². The number of anilines is 1. The third kappa shape index (κ3) is 5.41. The molecule has 0 spiro atoms. The van der Waals surface area contributed by atoms with Crippen LogP contribution in [0.15, 0.2) is 58.1 Å². The number of halogens is 1. The molecule has 9 heteroatoms. The van der Waals surface area contributed by atoms with Gasteiger partial charge in [0.25, 0.3) is 5.56 Å². The summed E-state index contributed by atoms with van der Waals surface area (Å²) < 4.78 is 7.29. The van der Waals surface area contributed by atoms with Crippen molar-refractivity contribution in [2.45, 2.75) is 13.5 Å². The number of nitrogens with zero attached hydrogens (tertiary/aromatic N) is 2. The summed E-state index contributed by atoms with van der Waals surface area (Å²) in [6, 6.07) is 12.1. The summed E-state index contributed by atoms with van der Waals surface area (Å²) in [6.45, 7) is 2.00. The number of carbonyl (C=O) groups is 2. The summed E-state index contributed by atoms with van der Waals surface area (Å²) in [6.07, 6.45) is 1.32. The highest BCUT2D eigenvalue weighted by molar-refractivity contribution is 9.10. The molecule has 2 aromatic carbocycles. The van der Waals surface area contributed by atoms with Gasteiger partial charge in [0, 0.05) is 10.2 Å². The molecule has 0 aliphatic carbocycles. The molecule has 0 bridgehead atoms. The van der Waals surface area contributed by atoms with E-state index in [0.717, 1.165) is 4.47 Å². The van der Waals surface area contributed by atoms with Crippen LogP contribution in [0.1, 0.15) is 6.92 Å². The van der Waals surface area contributed by atoms with E-state index in [1.54, 1.807) is 42.5 Å². The fraction of sp³-hybridized carbons (Fsp3) is 0.200. The Morgan fingerprint density at radius 2 is 1.90 bits per heavy atom. The Morgan fingerprint density at radius 1 is 1.14 bits per heavy atom. The molecule has 150 valence electrons. The third-order valence-corrected chi connectivity index (χ3v) is 4.49. The van der Waals surface area contributed by atoms with E-state index in [2.05, 4.69) is 31.5 Å². The average molecular weight is 459 g/mol. The van der Waals surface area contributed by atoms with E-state index in [-0.39, 0.29) is 24.6 Å². The smallest absolute Gasteiger partial charge is 0.261 e. The second-order valence-corrected chi connectivity index (χ2v) is 7.04. The Balaban J connectivity index is 1.55. The van der Waals surface area contributed by atoms with Gasteiger partial charge in [-0.15, -0.1) is 0 Å². The molecule has 2 amide bonds. The number of fused-ring (bicyclic) bond motifs is 1. The first-order valence-corrected chi connectivity index (χ1v) is 9.69. The van der Waals surface area contributed by atoms with Crippen LogP contribution in [-0.4, -0.2) is 34.5 Å². The van der Waals surface area contributed by atoms with E-state index >= 15 is 0 Å². The van der Waals surface area contributed by atoms with Crippen molar-refractivity contribution < 1.29 is 14.3 Å². The van der Waals surface area contributed by atoms with Crippen LogP contribution in [0.5, 0.6) is 5.75 Å². The molecule has 8 nitrogen and oxygen atoms in total. The number of amides is 2. The molecule has 2 N–H and O–H groups in total. The predicted molar refractivity (Wildman–Crippen MR) is 113 cm³/mol. The van der Waals surface area contributed by atoms with Gasteiger partial charge in [-0.1, -0.05) is 15.9 Å². The van der Waals surface area contributed by atoms with Crippen LogP contribution in [0.2, 0.25) is 0 Å². The quantitative estimate of drug-likeness (QED) is 0.565. The maximum absolute atomic E-state index is 12.5. The molecule has 0 saturated carbocycles. The first kappa shape index (κ1) is 20.5. The number of rotatable bonds is 7. The molecule has 0 saturated heterocycles. The van der Waals surface area contributed by atoms with Crippen LogP contribution in [0.4, 0.5) is 5.69 Å². The first-order chi connectivity index (χ1) is 14.0. The molecule has 0 atom stereocenters. The van der Waals surface area contributed by atoms with Crippen molar-refractivity contribution in [3.63, 3.8) is 0 Å². The van der Waals surface area contributed by atoms with Crippen molar-refractivity contribution in [3.8, 4) is 5.75 Å². The number of benzene rings is 2. The molecule has 3 rings (SSSR count). The number of nitrogens with one attached hydrogen (secondary N) is 2. The summed E-state index contributed by atoms with van der Waals surface area (Å²) in [5.41, 5.74) is 0.808. The number of hydrogen-bond donors (Lipinski definition) is 2. The SMILES string of the molecule is CCOc1ccc(NC(=O)CNC(=O)Cn2cnc3ccc(Br)cc3c2=O)cc1. The molecule has 0 fully saturated rings. The Hall–Kier alpha value is -3.20. The molecule has 0 aliphatic rings. The van der Waals surface area contributed by atoms with Crippen LogP contribution in [0.3, 0.4) is 0 Å². The lowest BCUT2D eigenvalue weighted by molar-refractivity contribution is -0.124. The molecular weight excluding hydrogens is 440 g/mol. The highest BCUT2D eigenvalue weighted by Gasteiger charge is 2.10. The van der Waals surface area contributed by atoms with Crippen molar-refractivity contribution in [2.24, 2.45) is 0 Å². The summed E-state index contributed by atoms with van der Waals surface area (Å²) in [4.78, 5) is 40.8. The highest BCUT2D eigenvalue weighted by Crippen LogP contribution is 2.16. The Bertz CT molecular complexity index is 1100. The monoisotopic (exact) mass is 458 g/mol. The van der Waals surface area contributed by atoms with Gasteiger partial charge in [-0.25, -0.2) is 4.98 Å². The number of carbonyl (C=O) groups excluding carboxylic acids is 2. The molecule has 3 aromatic rings. The average Bonchev–Trinajstić information content (AvgIpc) is 2.71. The normalized spacial score (nSPS) is 10.6. The minimum absolute atomic E-state index is 0.215. The molecule has 0 unspecified atom stereocenters. The van der Waals surface area contributed by atoms with Crippen LogP contribution < -0.4 is 20.9 Å². The fourth-order valence-electron chi connectivity index (χ4n) is 2.64. The molecule has 0 aliphatic heterocycles. The zero-order valence-electron chi connectivity index (χ0n) is 15.6. The van der Waals surface area contributed by atoms with Crippen LogP contribution in [-0.2, 0) is 16.1 Å². The van der Waals surface area contributed by atoms with Gasteiger partial charge in [-0.3, -0.25) is 19.0 Å². The second kappa shape index (κ2) is 9.33. The summed E-state index contributed by atoms with van der Waals surface area (Å²) in [5.74, 6) is -0.138. The summed E-state index contributed by atoms with van der Waals surface area (Å²) in [5, 5.41) is 5.58. The molecule has 1 aromatic heterocycles. The van der Waals surface area contributed by atoms with Gasteiger partial charge >= 0.3 is 0 Å². The van der Waals surface area contributed by atoms with Gasteiger partial charge in [-0.05, 0) is 49.4 Å². The van der Waals surface area contributed by atoms with E-state index in [1.807, 2.05) is 6.92 Å². The van der Waals surface area contributed by atoms with Crippen LogP contribution in [0, 0.1) is 0 Å². The van der Waals surface area contributed by atoms with Crippen LogP contribution >= 0.6 is 15.9 Å². The van der Waals surface area contributed by atoms with Gasteiger partial charge < -0.3 is 15.4 Å². The van der Waals surface area contributed by atoms with Gasteiger partial charge in [0.1, 0.15) is 12.3 Å². The number of ether oxygens (including phenoxy) is 1. The standard InChI is InChI=1S/C20H19BrN4O4/c1-2-29-15-6-4-14(5-7-15)24-18(26)10-22-19(27)11-25-12-23-17-8-3-13(21)9-16(17)20(25)28/h3-9,12H,2,10-11H2,1H3,(H,22,27)(H,24,26). The largest absolute Gasteiger partial charge is 0.494 e. The van der Waals surface area contributed by atoms with E-state index in [1.165, 1.54) is 10.9 Å². The molecule has 0 radical (unpaired) electrons. The van der Waals surface area contributed by atoms with Crippen molar-refractivity contribution >= 4 is 44.3 Å². The number of aromatic nitrogens is 2. The number of hydrogen-bond acceptors (Lipinski definition) is 5. The topological polar surface area (TPSA) is 102 Å². The summed E-state index contributed by atoms with van der Waals surface area (Å²) >= 11 is 3.31. The lowest BCUT2D eigenvalue weighted by Gasteiger charge is -2.09. The Morgan fingerprint density at radius 3 is 2.62 bits per heavy atom. The van der Waals surface area contributed by atoms with E-state index in [0.29, 0.717) is 28.9 Å². The Kier molecular flexibility index (Phi) is 6.61. The highest BCUT2D eigenvalue weighted by atomic mass is 79.9. The van der Waals surface area contributed by atoms with Gasteiger partial charge in [0.2, 0.25) is 11.8 Å². The summed E-state index contributed by atoms with van der Waals surface area (Å²) in [7, 11) is 0. The van der Waals surface area contributed by atoms with E-state index in [9.17, 15) is 14.4 Å². The third-order valence-electron chi connectivity index (χ3n) is 4.00. The maximum Gasteiger partial charge on any atom is 0.261 e. The molecule has 29 heavy (non-hydrogen) atoms. The fourth-order valence-corrected chi connectivity index (χ4v) is 3.00. The minimum Gasteiger partial charge on any atom is -0.494 e. The minimum atomic E-state index is -0.468. The molecular formula is C20H19BrN4O4. The zero-order valence-corrected chi connectivity index (χ0v) is 17.2. The van der Waals surface area contributed by atoms with Crippen LogP contribution in [0.25, 0.3) is 10.9 Å². The predicted octanol–water partition coefficient (Wildman–Crippen LogP) is 2.31. The molecule has 1 heterocycles. The van der Waals surface area contributed by atoms with Crippen molar-refractivity contribution in [1.29, 1.82) is 0 Å². The second-order valence-electron chi connectivity index (χ2n) is 6.12. The van der Waals surface area contributed by atoms with Gasteiger partial charge in [0.15, 0.2) is 0 Å². The van der Waals surface area contributed by atoms with E-state index < -0.39 is 5.91 Å². The van der Waals surface area contributed by atoms with Crippen molar-refractivity contribution in [1.82, 2.24) is 14.9 Å². The van der Waals surface area contributed by atoms with Crippen molar-refractivity contribution in [2.75, 3.05) is 18.5 Å². The van der Waals surface area contributed by atoms with E-state index in [4.69, 9.17) is 4.74 Å². The zero-order chi connectivity index (χ0) is 20.8.